The number of imide groups is 1. The quantitative estimate of drug-likeness (QED) is 0.106. The van der Waals surface area contributed by atoms with Gasteiger partial charge in [-0.25, -0.2) is 9.97 Å². The Labute approximate surface area is 289 Å². The molecule has 0 spiro atoms. The third-order valence-electron chi connectivity index (χ3n) is 9.23. The molecule has 4 heterocycles. The number of hydrogen-bond donors (Lipinski definition) is 1. The predicted octanol–water partition coefficient (Wildman–Crippen LogP) is 5.80. The first-order valence-electron chi connectivity index (χ1n) is 16.5. The number of carbonyl (C=O) groups is 3. The van der Waals surface area contributed by atoms with Crippen LogP contribution in [0.25, 0.3) is 31.9 Å². The lowest BCUT2D eigenvalue weighted by Crippen LogP contribution is -2.55. The van der Waals surface area contributed by atoms with Crippen molar-refractivity contribution in [1.82, 2.24) is 19.8 Å². The predicted molar refractivity (Wildman–Crippen MR) is 192 cm³/mol. The number of likely N-dealkylation sites (tertiary alicyclic amines) is 1. The van der Waals surface area contributed by atoms with Gasteiger partial charge in [0, 0.05) is 67.8 Å². The largest absolute Gasteiger partial charge is 0.398 e. The van der Waals surface area contributed by atoms with E-state index in [1.54, 1.807) is 34.4 Å². The van der Waals surface area contributed by atoms with Gasteiger partial charge in [0.15, 0.2) is 0 Å². The monoisotopic (exact) mass is 674 g/mol. The Morgan fingerprint density at radius 3 is 2.51 bits per heavy atom. The molecule has 7 rings (SSSR count). The Morgan fingerprint density at radius 1 is 0.959 bits per heavy atom. The van der Waals surface area contributed by atoms with E-state index in [4.69, 9.17) is 15.5 Å². The first-order chi connectivity index (χ1) is 23.8. The molecule has 250 valence electrons. The summed E-state index contributed by atoms with van der Waals surface area (Å²) in [5, 5.41) is 0.981. The minimum Gasteiger partial charge on any atom is -0.398 e. The first kappa shape index (κ1) is 32.4. The SMILES string of the molecule is CN(C)c1ccc(-c2ccc(-c3nc4ccc(CCCOCCN5C(=O)CCC(N6Cc7c(N)cccc7C6=O)C5=O)cc4s3)cc2)cn1. The molecule has 5 aromatic rings. The van der Waals surface area contributed by atoms with E-state index in [0.717, 1.165) is 56.1 Å². The minimum atomic E-state index is -0.678. The number of fused-ring (bicyclic) bond motifs is 2. The van der Waals surface area contributed by atoms with Crippen molar-refractivity contribution in [2.75, 3.05) is 44.5 Å². The lowest BCUT2D eigenvalue weighted by Gasteiger charge is -2.35. The molecule has 0 bridgehead atoms. The van der Waals surface area contributed by atoms with Crippen molar-refractivity contribution in [3.63, 3.8) is 0 Å². The normalized spacial score (nSPS) is 16.1. The molecule has 0 radical (unpaired) electrons. The van der Waals surface area contributed by atoms with Gasteiger partial charge in [0.05, 0.1) is 23.4 Å². The van der Waals surface area contributed by atoms with Crippen molar-refractivity contribution < 1.29 is 19.1 Å². The van der Waals surface area contributed by atoms with Gasteiger partial charge in [-0.15, -0.1) is 11.3 Å². The highest BCUT2D eigenvalue weighted by Crippen LogP contribution is 2.34. The van der Waals surface area contributed by atoms with Crippen LogP contribution in [0.2, 0.25) is 0 Å². The number of thiazole rings is 1. The molecule has 2 aromatic heterocycles. The number of carbonyl (C=O) groups excluding carboxylic acids is 3. The van der Waals surface area contributed by atoms with E-state index >= 15 is 0 Å². The van der Waals surface area contributed by atoms with Gasteiger partial charge in [-0.05, 0) is 66.8 Å². The number of ether oxygens (including phenoxy) is 1. The second-order valence-corrected chi connectivity index (χ2v) is 13.7. The van der Waals surface area contributed by atoms with Crippen LogP contribution in [0.15, 0.2) is 79.0 Å². The molecule has 3 amide bonds. The Kier molecular flexibility index (Phi) is 9.11. The summed E-state index contributed by atoms with van der Waals surface area (Å²) in [5.74, 6) is 0.137. The molecule has 1 atom stereocenters. The number of nitrogens with zero attached hydrogens (tertiary/aromatic N) is 5. The van der Waals surface area contributed by atoms with Crippen LogP contribution in [-0.2, 0) is 27.3 Å². The third-order valence-corrected chi connectivity index (χ3v) is 10.3. The molecule has 2 aliphatic heterocycles. The number of nitrogen functional groups attached to an aromatic ring is 1. The molecule has 1 unspecified atom stereocenters. The van der Waals surface area contributed by atoms with Gasteiger partial charge >= 0.3 is 0 Å². The minimum absolute atomic E-state index is 0.168. The van der Waals surface area contributed by atoms with E-state index in [0.29, 0.717) is 24.3 Å². The van der Waals surface area contributed by atoms with Gasteiger partial charge in [0.1, 0.15) is 16.9 Å². The molecule has 3 aromatic carbocycles. The molecule has 10 nitrogen and oxygen atoms in total. The number of benzene rings is 3. The fourth-order valence-corrected chi connectivity index (χ4v) is 7.52. The van der Waals surface area contributed by atoms with Crippen LogP contribution < -0.4 is 10.6 Å². The topological polar surface area (TPSA) is 122 Å². The van der Waals surface area contributed by atoms with Crippen LogP contribution in [0.3, 0.4) is 0 Å². The second kappa shape index (κ2) is 13.8. The van der Waals surface area contributed by atoms with Crippen molar-refractivity contribution in [3.05, 3.63) is 95.7 Å². The summed E-state index contributed by atoms with van der Waals surface area (Å²) in [6.07, 6.45) is 4.06. The van der Waals surface area contributed by atoms with Crippen LogP contribution in [0.5, 0.6) is 0 Å². The average Bonchev–Trinajstić information content (AvgIpc) is 3.69. The lowest BCUT2D eigenvalue weighted by atomic mass is 10.0. The molecule has 2 N–H and O–H groups in total. The van der Waals surface area contributed by atoms with Crippen LogP contribution in [-0.4, -0.2) is 77.4 Å². The molecular formula is C38H38N6O4S. The third kappa shape index (κ3) is 6.64. The van der Waals surface area contributed by atoms with Gasteiger partial charge < -0.3 is 20.3 Å². The molecular weight excluding hydrogens is 637 g/mol. The van der Waals surface area contributed by atoms with E-state index in [1.165, 1.54) is 10.5 Å². The molecule has 49 heavy (non-hydrogen) atoms. The molecule has 0 aliphatic carbocycles. The first-order valence-corrected chi connectivity index (χ1v) is 17.3. The maximum absolute atomic E-state index is 13.3. The van der Waals surface area contributed by atoms with E-state index in [1.807, 2.05) is 31.3 Å². The Bertz CT molecular complexity index is 2020. The number of aromatic nitrogens is 2. The van der Waals surface area contributed by atoms with Crippen molar-refractivity contribution in [1.29, 1.82) is 0 Å². The standard InChI is InChI=1S/C38H38N6O4S/c1-42(2)34-16-13-27(22-40-34)25-9-11-26(12-10-25)36-41-31-14-8-24(21-33(31)49-36)5-4-19-48-20-18-43-35(45)17-15-32(38(43)47)44-23-29-28(37(44)46)6-3-7-30(29)39/h3,6-14,16,21-22,32H,4-5,15,17-20,23,39H2,1-2H3. The summed E-state index contributed by atoms with van der Waals surface area (Å²) < 4.78 is 6.99. The number of aryl methyl sites for hydroxylation is 1. The van der Waals surface area contributed by atoms with Crippen molar-refractivity contribution in [2.45, 2.75) is 38.3 Å². The van der Waals surface area contributed by atoms with E-state index < -0.39 is 6.04 Å². The van der Waals surface area contributed by atoms with Gasteiger partial charge in [-0.2, -0.15) is 0 Å². The number of amides is 3. The summed E-state index contributed by atoms with van der Waals surface area (Å²) in [5.41, 5.74) is 13.3. The summed E-state index contributed by atoms with van der Waals surface area (Å²) in [4.78, 5) is 53.2. The van der Waals surface area contributed by atoms with Gasteiger partial charge in [-0.3, -0.25) is 19.3 Å². The van der Waals surface area contributed by atoms with Crippen LogP contribution in [0.1, 0.15) is 40.7 Å². The van der Waals surface area contributed by atoms with E-state index in [9.17, 15) is 14.4 Å². The molecule has 11 heteroatoms. The van der Waals surface area contributed by atoms with Gasteiger partial charge in [0.2, 0.25) is 5.91 Å². The molecule has 1 fully saturated rings. The van der Waals surface area contributed by atoms with Gasteiger partial charge in [-0.1, -0.05) is 36.4 Å². The summed E-state index contributed by atoms with van der Waals surface area (Å²) in [7, 11) is 3.96. The fraction of sp³-hybridized carbons (Fsp3) is 0.289. The zero-order chi connectivity index (χ0) is 34.1. The zero-order valence-corrected chi connectivity index (χ0v) is 28.4. The van der Waals surface area contributed by atoms with Gasteiger partial charge in [0.25, 0.3) is 11.8 Å². The fourth-order valence-electron chi connectivity index (χ4n) is 6.49. The second-order valence-electron chi connectivity index (χ2n) is 12.7. The summed E-state index contributed by atoms with van der Waals surface area (Å²) in [6.45, 7) is 1.20. The number of piperidine rings is 1. The molecule has 2 aliphatic rings. The van der Waals surface area contributed by atoms with E-state index in [-0.39, 0.29) is 43.8 Å². The highest BCUT2D eigenvalue weighted by atomic mass is 32.1. The summed E-state index contributed by atoms with van der Waals surface area (Å²) in [6, 6.07) is 23.5. The molecule has 0 saturated carbocycles. The average molecular weight is 675 g/mol. The van der Waals surface area contributed by atoms with Crippen LogP contribution in [0.4, 0.5) is 11.5 Å². The lowest BCUT2D eigenvalue weighted by molar-refractivity contribution is -0.153. The number of pyridine rings is 1. The van der Waals surface area contributed by atoms with Crippen molar-refractivity contribution in [2.24, 2.45) is 0 Å². The maximum atomic E-state index is 13.3. The number of nitrogens with two attached hydrogens (primary N) is 1. The van der Waals surface area contributed by atoms with Crippen LogP contribution in [0, 0.1) is 0 Å². The van der Waals surface area contributed by atoms with Crippen LogP contribution >= 0.6 is 11.3 Å². The Balaban J connectivity index is 0.890. The summed E-state index contributed by atoms with van der Waals surface area (Å²) >= 11 is 1.68. The smallest absolute Gasteiger partial charge is 0.255 e. The van der Waals surface area contributed by atoms with Crippen molar-refractivity contribution in [3.8, 4) is 21.7 Å². The maximum Gasteiger partial charge on any atom is 0.255 e. The van der Waals surface area contributed by atoms with E-state index in [2.05, 4.69) is 53.5 Å². The Morgan fingerprint density at radius 2 is 1.76 bits per heavy atom. The van der Waals surface area contributed by atoms with Crippen molar-refractivity contribution >= 4 is 50.8 Å². The molecule has 1 saturated heterocycles. The number of rotatable bonds is 11. The Hall–Kier alpha value is -5.13. The highest BCUT2D eigenvalue weighted by Gasteiger charge is 2.42. The zero-order valence-electron chi connectivity index (χ0n) is 27.6. The number of hydrogen-bond acceptors (Lipinski definition) is 9. The highest BCUT2D eigenvalue weighted by molar-refractivity contribution is 7.21. The number of anilines is 2.